The van der Waals surface area contributed by atoms with Crippen molar-refractivity contribution in [1.82, 2.24) is 5.16 Å². The SMILES string of the molecule is Cc1cc(CSC(C)(C)C(=O)O)on1. The van der Waals surface area contributed by atoms with Crippen molar-refractivity contribution in [3.05, 3.63) is 17.5 Å². The number of carboxylic acids is 1. The van der Waals surface area contributed by atoms with Crippen molar-refractivity contribution in [2.75, 3.05) is 0 Å². The highest BCUT2D eigenvalue weighted by atomic mass is 32.2. The van der Waals surface area contributed by atoms with Crippen molar-refractivity contribution in [3.63, 3.8) is 0 Å². The van der Waals surface area contributed by atoms with Gasteiger partial charge in [-0.15, -0.1) is 11.8 Å². The molecule has 1 aromatic rings. The normalized spacial score (nSPS) is 11.6. The topological polar surface area (TPSA) is 63.3 Å². The molecule has 0 aromatic carbocycles. The summed E-state index contributed by atoms with van der Waals surface area (Å²) in [4.78, 5) is 10.8. The Morgan fingerprint density at radius 3 is 2.79 bits per heavy atom. The number of aliphatic carboxylic acids is 1. The van der Waals surface area contributed by atoms with E-state index in [1.165, 1.54) is 11.8 Å². The third-order valence-corrected chi connectivity index (χ3v) is 3.09. The predicted octanol–water partition coefficient (Wildman–Crippen LogP) is 2.08. The van der Waals surface area contributed by atoms with Crippen LogP contribution in [-0.4, -0.2) is 21.0 Å². The lowest BCUT2D eigenvalue weighted by Gasteiger charge is -2.16. The van der Waals surface area contributed by atoms with Crippen LogP contribution < -0.4 is 0 Å². The molecule has 0 atom stereocenters. The van der Waals surface area contributed by atoms with E-state index in [0.717, 1.165) is 5.69 Å². The van der Waals surface area contributed by atoms with Crippen LogP contribution in [0.15, 0.2) is 10.6 Å². The molecule has 0 aliphatic heterocycles. The Hall–Kier alpha value is -0.970. The van der Waals surface area contributed by atoms with Gasteiger partial charge >= 0.3 is 5.97 Å². The molecular formula is C9H13NO3S. The molecule has 0 fully saturated rings. The Kier molecular flexibility index (Phi) is 3.21. The fraction of sp³-hybridized carbons (Fsp3) is 0.556. The maximum atomic E-state index is 10.8. The van der Waals surface area contributed by atoms with E-state index in [1.807, 2.05) is 13.0 Å². The Morgan fingerprint density at radius 1 is 1.71 bits per heavy atom. The van der Waals surface area contributed by atoms with Gasteiger partial charge in [-0.3, -0.25) is 4.79 Å². The lowest BCUT2D eigenvalue weighted by molar-refractivity contribution is -0.138. The molecule has 0 bridgehead atoms. The van der Waals surface area contributed by atoms with Gasteiger partial charge < -0.3 is 9.63 Å². The summed E-state index contributed by atoms with van der Waals surface area (Å²) >= 11 is 1.32. The van der Waals surface area contributed by atoms with Gasteiger partial charge in [-0.1, -0.05) is 5.16 Å². The van der Waals surface area contributed by atoms with Gasteiger partial charge in [0.2, 0.25) is 0 Å². The van der Waals surface area contributed by atoms with Crippen molar-refractivity contribution in [3.8, 4) is 0 Å². The highest BCUT2D eigenvalue weighted by Gasteiger charge is 2.27. The summed E-state index contributed by atoms with van der Waals surface area (Å²) < 4.78 is 4.18. The van der Waals surface area contributed by atoms with E-state index in [-0.39, 0.29) is 0 Å². The molecule has 0 saturated carbocycles. The van der Waals surface area contributed by atoms with Crippen LogP contribution in [0.5, 0.6) is 0 Å². The van der Waals surface area contributed by atoms with Gasteiger partial charge in [0, 0.05) is 6.07 Å². The first-order valence-corrected chi connectivity index (χ1v) is 5.20. The highest BCUT2D eigenvalue weighted by molar-refractivity contribution is 8.00. The average Bonchev–Trinajstić information content (AvgIpc) is 2.48. The van der Waals surface area contributed by atoms with E-state index in [2.05, 4.69) is 5.16 Å². The van der Waals surface area contributed by atoms with Gasteiger partial charge in [0.15, 0.2) is 0 Å². The first-order valence-electron chi connectivity index (χ1n) is 4.21. The summed E-state index contributed by atoms with van der Waals surface area (Å²) in [5.41, 5.74) is 0.814. The van der Waals surface area contributed by atoms with Gasteiger partial charge in [0.1, 0.15) is 10.5 Å². The van der Waals surface area contributed by atoms with Gasteiger partial charge in [-0.2, -0.15) is 0 Å². The lowest BCUT2D eigenvalue weighted by atomic mass is 10.2. The molecule has 1 N–H and O–H groups in total. The second-order valence-electron chi connectivity index (χ2n) is 3.54. The monoisotopic (exact) mass is 215 g/mol. The number of aryl methyl sites for hydroxylation is 1. The van der Waals surface area contributed by atoms with Crippen LogP contribution >= 0.6 is 11.8 Å². The molecule has 0 saturated heterocycles. The van der Waals surface area contributed by atoms with Crippen LogP contribution in [0.2, 0.25) is 0 Å². The summed E-state index contributed by atoms with van der Waals surface area (Å²) in [6.07, 6.45) is 0. The predicted molar refractivity (Wildman–Crippen MR) is 54.2 cm³/mol. The fourth-order valence-electron chi connectivity index (χ4n) is 0.798. The van der Waals surface area contributed by atoms with Gasteiger partial charge in [-0.05, 0) is 20.8 Å². The second-order valence-corrected chi connectivity index (χ2v) is 5.14. The van der Waals surface area contributed by atoms with Crippen LogP contribution in [0.4, 0.5) is 0 Å². The quantitative estimate of drug-likeness (QED) is 0.833. The molecular weight excluding hydrogens is 202 g/mol. The number of carbonyl (C=O) groups is 1. The summed E-state index contributed by atoms with van der Waals surface area (Å²) in [5, 5.41) is 12.6. The second kappa shape index (κ2) is 4.04. The van der Waals surface area contributed by atoms with Crippen LogP contribution in [-0.2, 0) is 10.5 Å². The van der Waals surface area contributed by atoms with Crippen molar-refractivity contribution >= 4 is 17.7 Å². The number of thioether (sulfide) groups is 1. The van der Waals surface area contributed by atoms with Crippen LogP contribution in [0.1, 0.15) is 25.3 Å². The Bertz CT molecular complexity index is 333. The molecule has 78 valence electrons. The molecule has 14 heavy (non-hydrogen) atoms. The molecule has 0 amide bonds. The summed E-state index contributed by atoms with van der Waals surface area (Å²) in [6.45, 7) is 5.17. The van der Waals surface area contributed by atoms with E-state index in [9.17, 15) is 4.79 Å². The molecule has 0 aliphatic rings. The maximum absolute atomic E-state index is 10.8. The standard InChI is InChI=1S/C9H13NO3S/c1-6-4-7(13-10-6)5-14-9(2,3)8(11)12/h4H,5H2,1-3H3,(H,11,12). The van der Waals surface area contributed by atoms with E-state index in [0.29, 0.717) is 11.5 Å². The Balaban J connectivity index is 2.52. The Labute approximate surface area is 86.7 Å². The molecule has 1 heterocycles. The molecule has 0 spiro atoms. The Morgan fingerprint density at radius 2 is 2.36 bits per heavy atom. The zero-order chi connectivity index (χ0) is 10.8. The van der Waals surface area contributed by atoms with Crippen LogP contribution in [0.3, 0.4) is 0 Å². The number of aromatic nitrogens is 1. The first-order chi connectivity index (χ1) is 6.42. The van der Waals surface area contributed by atoms with E-state index >= 15 is 0 Å². The van der Waals surface area contributed by atoms with Crippen molar-refractivity contribution < 1.29 is 14.4 Å². The fourth-order valence-corrected chi connectivity index (χ4v) is 1.56. The number of hydrogen-bond acceptors (Lipinski definition) is 4. The van der Waals surface area contributed by atoms with E-state index in [4.69, 9.17) is 9.63 Å². The smallest absolute Gasteiger partial charge is 0.319 e. The average molecular weight is 215 g/mol. The van der Waals surface area contributed by atoms with Crippen LogP contribution in [0.25, 0.3) is 0 Å². The minimum absolute atomic E-state index is 0.528. The minimum Gasteiger partial charge on any atom is -0.480 e. The number of carboxylic acid groups (broad SMARTS) is 1. The number of rotatable bonds is 4. The first kappa shape index (κ1) is 11.1. The van der Waals surface area contributed by atoms with E-state index in [1.54, 1.807) is 13.8 Å². The maximum Gasteiger partial charge on any atom is 0.319 e. The minimum atomic E-state index is -0.821. The third-order valence-electron chi connectivity index (χ3n) is 1.77. The molecule has 0 unspecified atom stereocenters. The molecule has 1 aromatic heterocycles. The summed E-state index contributed by atoms with van der Waals surface area (Å²) in [7, 11) is 0. The number of nitrogens with zero attached hydrogens (tertiary/aromatic N) is 1. The summed E-state index contributed by atoms with van der Waals surface area (Å²) in [5.74, 6) is 0.417. The zero-order valence-corrected chi connectivity index (χ0v) is 9.22. The highest BCUT2D eigenvalue weighted by Crippen LogP contribution is 2.28. The molecule has 4 nitrogen and oxygen atoms in total. The van der Waals surface area contributed by atoms with Crippen molar-refractivity contribution in [2.24, 2.45) is 0 Å². The van der Waals surface area contributed by atoms with Gasteiger partial charge in [0.25, 0.3) is 0 Å². The largest absolute Gasteiger partial charge is 0.480 e. The van der Waals surface area contributed by atoms with Crippen molar-refractivity contribution in [1.29, 1.82) is 0 Å². The molecule has 5 heteroatoms. The van der Waals surface area contributed by atoms with Crippen molar-refractivity contribution in [2.45, 2.75) is 31.3 Å². The third kappa shape index (κ3) is 2.77. The lowest BCUT2D eigenvalue weighted by Crippen LogP contribution is -2.27. The molecule has 0 radical (unpaired) electrons. The summed E-state index contributed by atoms with van der Waals surface area (Å²) in [6, 6.07) is 1.81. The van der Waals surface area contributed by atoms with E-state index < -0.39 is 10.7 Å². The van der Waals surface area contributed by atoms with Crippen LogP contribution in [0, 0.1) is 6.92 Å². The van der Waals surface area contributed by atoms with Gasteiger partial charge in [-0.25, -0.2) is 0 Å². The molecule has 1 rings (SSSR count). The zero-order valence-electron chi connectivity index (χ0n) is 8.40. The molecule has 0 aliphatic carbocycles. The van der Waals surface area contributed by atoms with Gasteiger partial charge in [0.05, 0.1) is 11.4 Å². The number of hydrogen-bond donors (Lipinski definition) is 1.